The smallest absolute Gasteiger partial charge is 0.337 e. The van der Waals surface area contributed by atoms with Gasteiger partial charge in [0.15, 0.2) is 0 Å². The average Bonchev–Trinajstić information content (AvgIpc) is 2.44. The third-order valence-corrected chi connectivity index (χ3v) is 3.89. The van der Waals surface area contributed by atoms with Crippen molar-refractivity contribution < 1.29 is 9.53 Å². The number of hydrogen-bond acceptors (Lipinski definition) is 4. The van der Waals surface area contributed by atoms with E-state index in [2.05, 4.69) is 26.0 Å². The molecule has 2 aromatic carbocycles. The Balaban J connectivity index is 2.32. The van der Waals surface area contributed by atoms with Crippen LogP contribution in [0.15, 0.2) is 40.9 Å². The van der Waals surface area contributed by atoms with Crippen LogP contribution in [0.1, 0.15) is 10.4 Å². The first-order valence-corrected chi connectivity index (χ1v) is 6.88. The van der Waals surface area contributed by atoms with Gasteiger partial charge in [-0.1, -0.05) is 11.6 Å². The molecule has 0 aromatic heterocycles. The molecule has 3 N–H and O–H groups in total. The number of ether oxygens (including phenoxy) is 1. The van der Waals surface area contributed by atoms with E-state index in [1.165, 1.54) is 7.11 Å². The Kier molecular flexibility index (Phi) is 4.52. The van der Waals surface area contributed by atoms with Gasteiger partial charge < -0.3 is 15.8 Å². The number of carbonyl (C=O) groups excluding carboxylic acids is 1. The van der Waals surface area contributed by atoms with Gasteiger partial charge in [-0.05, 0) is 52.3 Å². The lowest BCUT2D eigenvalue weighted by molar-refractivity contribution is 0.0601. The van der Waals surface area contributed by atoms with E-state index in [1.807, 2.05) is 12.1 Å². The Bertz CT molecular complexity index is 662. The second-order valence-corrected chi connectivity index (χ2v) is 5.31. The lowest BCUT2D eigenvalue weighted by atomic mass is 10.1. The fourth-order valence-corrected chi connectivity index (χ4v) is 2.14. The number of nitrogens with one attached hydrogen (secondary N) is 1. The fraction of sp³-hybridized carbons (Fsp3) is 0.0714. The number of nitrogens with two attached hydrogens (primary N) is 1. The van der Waals surface area contributed by atoms with E-state index in [-0.39, 0.29) is 0 Å². The quantitative estimate of drug-likeness (QED) is 0.639. The molecule has 0 radical (unpaired) electrons. The van der Waals surface area contributed by atoms with E-state index in [4.69, 9.17) is 17.3 Å². The molecule has 0 unspecified atom stereocenters. The van der Waals surface area contributed by atoms with E-state index in [0.717, 1.165) is 10.2 Å². The fourth-order valence-electron chi connectivity index (χ4n) is 1.64. The van der Waals surface area contributed by atoms with Gasteiger partial charge >= 0.3 is 5.97 Å². The van der Waals surface area contributed by atoms with E-state index < -0.39 is 5.97 Å². The molecule has 0 bridgehead atoms. The van der Waals surface area contributed by atoms with Crippen LogP contribution >= 0.6 is 27.5 Å². The van der Waals surface area contributed by atoms with Gasteiger partial charge in [0.05, 0.1) is 29.1 Å². The second kappa shape index (κ2) is 6.15. The van der Waals surface area contributed by atoms with Gasteiger partial charge in [0.25, 0.3) is 0 Å². The molecule has 0 aliphatic heterocycles. The molecule has 6 heteroatoms. The number of anilines is 3. The largest absolute Gasteiger partial charge is 0.465 e. The Morgan fingerprint density at radius 2 is 2.05 bits per heavy atom. The number of nitrogen functional groups attached to an aromatic ring is 1. The predicted octanol–water partition coefficient (Wildman–Crippen LogP) is 4.21. The summed E-state index contributed by atoms with van der Waals surface area (Å²) in [5.41, 5.74) is 8.28. The van der Waals surface area contributed by atoms with Crippen LogP contribution in [0.2, 0.25) is 5.02 Å². The maximum Gasteiger partial charge on any atom is 0.337 e. The second-order valence-electron chi connectivity index (χ2n) is 4.05. The molecule has 4 nitrogen and oxygen atoms in total. The van der Waals surface area contributed by atoms with Crippen LogP contribution in [0, 0.1) is 0 Å². The minimum absolute atomic E-state index is 0.412. The van der Waals surface area contributed by atoms with Crippen molar-refractivity contribution in [1.29, 1.82) is 0 Å². The number of hydrogen-bond donors (Lipinski definition) is 2. The monoisotopic (exact) mass is 354 g/mol. The summed E-state index contributed by atoms with van der Waals surface area (Å²) in [6, 6.07) is 10.3. The Morgan fingerprint density at radius 1 is 1.30 bits per heavy atom. The number of carbonyl (C=O) groups is 1. The molecule has 2 aromatic rings. The lowest BCUT2D eigenvalue weighted by Crippen LogP contribution is -2.04. The highest BCUT2D eigenvalue weighted by Gasteiger charge is 2.09. The molecular weight excluding hydrogens is 344 g/mol. The summed E-state index contributed by atoms with van der Waals surface area (Å²) in [5, 5.41) is 3.76. The molecule has 0 saturated heterocycles. The van der Waals surface area contributed by atoms with Gasteiger partial charge in [-0.3, -0.25) is 0 Å². The SMILES string of the molecule is COC(=O)c1ccc(N)c(Nc2ccc(Cl)c(Br)c2)c1. The van der Waals surface area contributed by atoms with Crippen LogP contribution in [0.4, 0.5) is 17.1 Å². The highest BCUT2D eigenvalue weighted by atomic mass is 79.9. The van der Waals surface area contributed by atoms with Crippen molar-refractivity contribution in [2.45, 2.75) is 0 Å². The predicted molar refractivity (Wildman–Crippen MR) is 84.6 cm³/mol. The van der Waals surface area contributed by atoms with Crippen LogP contribution < -0.4 is 11.1 Å². The summed E-state index contributed by atoms with van der Waals surface area (Å²) < 4.78 is 5.45. The third-order valence-electron chi connectivity index (χ3n) is 2.67. The highest BCUT2D eigenvalue weighted by molar-refractivity contribution is 9.10. The molecule has 2 rings (SSSR count). The van der Waals surface area contributed by atoms with Gasteiger partial charge in [-0.15, -0.1) is 0 Å². The minimum Gasteiger partial charge on any atom is -0.465 e. The maximum atomic E-state index is 11.5. The van der Waals surface area contributed by atoms with Crippen LogP contribution in [0.25, 0.3) is 0 Å². The summed E-state index contributed by atoms with van der Waals surface area (Å²) in [6.07, 6.45) is 0. The Labute approximate surface area is 130 Å². The van der Waals surface area contributed by atoms with Crippen molar-refractivity contribution in [1.82, 2.24) is 0 Å². The normalized spacial score (nSPS) is 10.2. The van der Waals surface area contributed by atoms with Crippen molar-refractivity contribution in [3.05, 3.63) is 51.5 Å². The number of rotatable bonds is 3. The Hall–Kier alpha value is -1.72. The highest BCUT2D eigenvalue weighted by Crippen LogP contribution is 2.29. The number of methoxy groups -OCH3 is 1. The zero-order chi connectivity index (χ0) is 14.7. The van der Waals surface area contributed by atoms with E-state index in [9.17, 15) is 4.79 Å². The minimum atomic E-state index is -0.412. The van der Waals surface area contributed by atoms with E-state index in [0.29, 0.717) is 22.0 Å². The Morgan fingerprint density at radius 3 is 2.70 bits per heavy atom. The van der Waals surface area contributed by atoms with Gasteiger partial charge in [0.1, 0.15) is 0 Å². The molecule has 0 heterocycles. The molecular formula is C14H12BrClN2O2. The first-order chi connectivity index (χ1) is 9.51. The molecule has 0 fully saturated rings. The van der Waals surface area contributed by atoms with Crippen molar-refractivity contribution in [2.75, 3.05) is 18.2 Å². The molecule has 0 aliphatic rings. The number of esters is 1. The van der Waals surface area contributed by atoms with Crippen LogP contribution in [0.3, 0.4) is 0 Å². The van der Waals surface area contributed by atoms with Gasteiger partial charge in [-0.2, -0.15) is 0 Å². The summed E-state index contributed by atoms with van der Waals surface area (Å²) in [4.78, 5) is 11.5. The topological polar surface area (TPSA) is 64.3 Å². The molecule has 0 spiro atoms. The first kappa shape index (κ1) is 14.7. The molecule has 0 amide bonds. The van der Waals surface area contributed by atoms with Gasteiger partial charge in [-0.25, -0.2) is 4.79 Å². The molecule has 0 saturated carbocycles. The standard InChI is InChI=1S/C14H12BrClN2O2/c1-20-14(19)8-2-5-12(17)13(6-8)18-9-3-4-11(16)10(15)7-9/h2-7,18H,17H2,1H3. The first-order valence-electron chi connectivity index (χ1n) is 5.71. The van der Waals surface area contributed by atoms with Crippen molar-refractivity contribution in [3.63, 3.8) is 0 Å². The summed E-state index contributed by atoms with van der Waals surface area (Å²) in [5.74, 6) is -0.412. The number of halogens is 2. The van der Waals surface area contributed by atoms with E-state index >= 15 is 0 Å². The lowest BCUT2D eigenvalue weighted by Gasteiger charge is -2.11. The van der Waals surface area contributed by atoms with Crippen LogP contribution in [0.5, 0.6) is 0 Å². The third kappa shape index (κ3) is 3.23. The summed E-state index contributed by atoms with van der Waals surface area (Å²) in [6.45, 7) is 0. The van der Waals surface area contributed by atoms with Crippen LogP contribution in [-0.4, -0.2) is 13.1 Å². The van der Waals surface area contributed by atoms with Crippen molar-refractivity contribution in [2.24, 2.45) is 0 Å². The van der Waals surface area contributed by atoms with Gasteiger partial charge in [0.2, 0.25) is 0 Å². The zero-order valence-electron chi connectivity index (χ0n) is 10.6. The van der Waals surface area contributed by atoms with E-state index in [1.54, 1.807) is 24.3 Å². The average molecular weight is 356 g/mol. The molecule has 0 aliphatic carbocycles. The summed E-state index contributed by atoms with van der Waals surface area (Å²) >= 11 is 9.29. The molecule has 20 heavy (non-hydrogen) atoms. The summed E-state index contributed by atoms with van der Waals surface area (Å²) in [7, 11) is 1.34. The van der Waals surface area contributed by atoms with Crippen molar-refractivity contribution >= 4 is 50.6 Å². The molecule has 0 atom stereocenters. The van der Waals surface area contributed by atoms with Crippen molar-refractivity contribution in [3.8, 4) is 0 Å². The number of benzene rings is 2. The van der Waals surface area contributed by atoms with Gasteiger partial charge in [0, 0.05) is 10.2 Å². The van der Waals surface area contributed by atoms with Crippen LogP contribution in [-0.2, 0) is 4.74 Å². The zero-order valence-corrected chi connectivity index (χ0v) is 13.0. The molecule has 104 valence electrons. The maximum absolute atomic E-state index is 11.5.